The number of phenols is 1. The first kappa shape index (κ1) is 23.9. The van der Waals surface area contributed by atoms with Gasteiger partial charge in [0.05, 0.1) is 38.1 Å². The molecule has 2 rings (SSSR count). The molecule has 0 heterocycles. The lowest BCUT2D eigenvalue weighted by Crippen LogP contribution is -2.40. The standard InChI is InChI=1S/C24H33NO5/c1-18(26)15-30-19(2)16-29-17-22(14-21-8-11-23(27)12-9-21)25-24(28)13-10-20-6-4-3-5-7-20/h3-9,11-12,18-19,22,26-27H,10,13-17H2,1-2H3,(H,25,28). The average molecular weight is 416 g/mol. The Kier molecular flexibility index (Phi) is 10.3. The number of amides is 1. The SMILES string of the molecule is CC(O)COC(C)COCC(Cc1ccc(O)cc1)NC(=O)CCc1ccccc1. The lowest BCUT2D eigenvalue weighted by molar-refractivity contribution is -0.122. The molecule has 0 aliphatic carbocycles. The molecule has 0 bridgehead atoms. The first-order chi connectivity index (χ1) is 14.4. The molecule has 0 aliphatic heterocycles. The van der Waals surface area contributed by atoms with E-state index in [9.17, 15) is 15.0 Å². The smallest absolute Gasteiger partial charge is 0.220 e. The van der Waals surface area contributed by atoms with Crippen molar-refractivity contribution in [3.8, 4) is 5.75 Å². The molecule has 164 valence electrons. The van der Waals surface area contributed by atoms with Crippen LogP contribution in [0.5, 0.6) is 5.75 Å². The molecule has 3 N–H and O–H groups in total. The Morgan fingerprint density at radius 1 is 0.967 bits per heavy atom. The number of phenolic OH excluding ortho intramolecular Hbond substituents is 1. The Labute approximate surface area is 178 Å². The third-order valence-electron chi connectivity index (χ3n) is 4.56. The van der Waals surface area contributed by atoms with Gasteiger partial charge in [0, 0.05) is 6.42 Å². The minimum Gasteiger partial charge on any atom is -0.508 e. The topological polar surface area (TPSA) is 88.0 Å². The summed E-state index contributed by atoms with van der Waals surface area (Å²) in [6.07, 6.45) is 1.02. The molecule has 0 aromatic heterocycles. The van der Waals surface area contributed by atoms with E-state index in [1.807, 2.05) is 49.4 Å². The molecule has 6 nitrogen and oxygen atoms in total. The zero-order valence-electron chi connectivity index (χ0n) is 17.8. The summed E-state index contributed by atoms with van der Waals surface area (Å²) in [5, 5.41) is 21.8. The van der Waals surface area contributed by atoms with Crippen molar-refractivity contribution in [3.05, 3.63) is 65.7 Å². The highest BCUT2D eigenvalue weighted by Gasteiger charge is 2.15. The second kappa shape index (κ2) is 13.0. The molecule has 0 spiro atoms. The molecule has 6 heteroatoms. The normalized spacial score (nSPS) is 14.1. The van der Waals surface area contributed by atoms with Crippen LogP contribution >= 0.6 is 0 Å². The predicted octanol–water partition coefficient (Wildman–Crippen LogP) is 2.85. The number of aromatic hydroxyl groups is 1. The van der Waals surface area contributed by atoms with Crippen LogP contribution in [0.2, 0.25) is 0 Å². The maximum Gasteiger partial charge on any atom is 0.220 e. The fourth-order valence-electron chi connectivity index (χ4n) is 3.00. The Morgan fingerprint density at radius 2 is 1.67 bits per heavy atom. The van der Waals surface area contributed by atoms with Gasteiger partial charge in [-0.1, -0.05) is 42.5 Å². The third kappa shape index (κ3) is 9.87. The zero-order chi connectivity index (χ0) is 21.8. The van der Waals surface area contributed by atoms with Crippen LogP contribution < -0.4 is 5.32 Å². The number of rotatable bonds is 13. The van der Waals surface area contributed by atoms with E-state index in [1.165, 1.54) is 0 Å². The summed E-state index contributed by atoms with van der Waals surface area (Å²) in [5.41, 5.74) is 2.13. The number of carbonyl (C=O) groups is 1. The summed E-state index contributed by atoms with van der Waals surface area (Å²) in [7, 11) is 0. The summed E-state index contributed by atoms with van der Waals surface area (Å²) < 4.78 is 11.3. The van der Waals surface area contributed by atoms with Gasteiger partial charge in [-0.25, -0.2) is 0 Å². The van der Waals surface area contributed by atoms with Crippen molar-refractivity contribution in [3.63, 3.8) is 0 Å². The van der Waals surface area contributed by atoms with E-state index in [2.05, 4.69) is 5.32 Å². The van der Waals surface area contributed by atoms with Gasteiger partial charge in [-0.15, -0.1) is 0 Å². The highest BCUT2D eigenvalue weighted by atomic mass is 16.5. The molecule has 2 aromatic rings. The molecule has 3 atom stereocenters. The lowest BCUT2D eigenvalue weighted by atomic mass is 10.1. The lowest BCUT2D eigenvalue weighted by Gasteiger charge is -2.21. The highest BCUT2D eigenvalue weighted by Crippen LogP contribution is 2.12. The molecule has 3 unspecified atom stereocenters. The van der Waals surface area contributed by atoms with Crippen molar-refractivity contribution in [2.24, 2.45) is 0 Å². The van der Waals surface area contributed by atoms with Crippen LogP contribution in [0.4, 0.5) is 0 Å². The van der Waals surface area contributed by atoms with E-state index in [0.717, 1.165) is 11.1 Å². The van der Waals surface area contributed by atoms with Gasteiger partial charge < -0.3 is 25.0 Å². The fourth-order valence-corrected chi connectivity index (χ4v) is 3.00. The van der Waals surface area contributed by atoms with Crippen molar-refractivity contribution in [2.75, 3.05) is 19.8 Å². The number of nitrogens with one attached hydrogen (secondary N) is 1. The van der Waals surface area contributed by atoms with Crippen molar-refractivity contribution in [1.29, 1.82) is 0 Å². The minimum absolute atomic E-state index is 0.0235. The molecule has 1 amide bonds. The van der Waals surface area contributed by atoms with Gasteiger partial charge >= 0.3 is 0 Å². The largest absolute Gasteiger partial charge is 0.508 e. The highest BCUT2D eigenvalue weighted by molar-refractivity contribution is 5.76. The molecule has 0 saturated heterocycles. The summed E-state index contributed by atoms with van der Waals surface area (Å²) in [6, 6.07) is 16.7. The van der Waals surface area contributed by atoms with Gasteiger partial charge in [-0.05, 0) is 49.9 Å². The molecule has 30 heavy (non-hydrogen) atoms. The van der Waals surface area contributed by atoms with E-state index in [1.54, 1.807) is 19.1 Å². The third-order valence-corrected chi connectivity index (χ3v) is 4.56. The molecule has 0 aliphatic rings. The number of ether oxygens (including phenoxy) is 2. The van der Waals surface area contributed by atoms with Crippen LogP contribution in [0.15, 0.2) is 54.6 Å². The van der Waals surface area contributed by atoms with E-state index < -0.39 is 6.10 Å². The van der Waals surface area contributed by atoms with Crippen LogP contribution in [0, 0.1) is 0 Å². The van der Waals surface area contributed by atoms with Gasteiger partial charge in [0.25, 0.3) is 0 Å². The first-order valence-electron chi connectivity index (χ1n) is 10.4. The van der Waals surface area contributed by atoms with Crippen LogP contribution in [0.1, 0.15) is 31.4 Å². The first-order valence-corrected chi connectivity index (χ1v) is 10.4. The summed E-state index contributed by atoms with van der Waals surface area (Å²) in [6.45, 7) is 4.54. The van der Waals surface area contributed by atoms with Crippen molar-refractivity contribution >= 4 is 5.91 Å². The second-order valence-electron chi connectivity index (χ2n) is 7.65. The van der Waals surface area contributed by atoms with Gasteiger partial charge in [0.1, 0.15) is 5.75 Å². The summed E-state index contributed by atoms with van der Waals surface area (Å²) in [4.78, 5) is 12.5. The van der Waals surface area contributed by atoms with E-state index >= 15 is 0 Å². The number of hydrogen-bond acceptors (Lipinski definition) is 5. The number of aliphatic hydroxyl groups excluding tert-OH is 1. The molecule has 0 fully saturated rings. The van der Waals surface area contributed by atoms with Crippen LogP contribution in [-0.2, 0) is 27.1 Å². The maximum atomic E-state index is 12.5. The maximum absolute atomic E-state index is 12.5. The molecule has 0 saturated carbocycles. The van der Waals surface area contributed by atoms with Crippen LogP contribution in [-0.4, -0.2) is 54.2 Å². The Bertz CT molecular complexity index is 733. The quantitative estimate of drug-likeness (QED) is 0.468. The fraction of sp³-hybridized carbons (Fsp3) is 0.458. The number of hydrogen-bond donors (Lipinski definition) is 3. The summed E-state index contributed by atoms with van der Waals surface area (Å²) in [5.74, 6) is 0.187. The van der Waals surface area contributed by atoms with Gasteiger partial charge in [0.2, 0.25) is 5.91 Å². The van der Waals surface area contributed by atoms with Crippen LogP contribution in [0.25, 0.3) is 0 Å². The number of aryl methyl sites for hydroxylation is 1. The van der Waals surface area contributed by atoms with Crippen LogP contribution in [0.3, 0.4) is 0 Å². The van der Waals surface area contributed by atoms with Gasteiger partial charge in [-0.2, -0.15) is 0 Å². The van der Waals surface area contributed by atoms with E-state index in [-0.39, 0.29) is 30.4 Å². The molecule has 2 aromatic carbocycles. The number of aliphatic hydroxyl groups is 1. The van der Waals surface area contributed by atoms with Gasteiger partial charge in [-0.3, -0.25) is 4.79 Å². The Hall–Kier alpha value is -2.41. The van der Waals surface area contributed by atoms with E-state index in [0.29, 0.717) is 32.5 Å². The monoisotopic (exact) mass is 415 g/mol. The second-order valence-corrected chi connectivity index (χ2v) is 7.65. The molecular formula is C24H33NO5. The number of carbonyl (C=O) groups excluding carboxylic acids is 1. The minimum atomic E-state index is -0.515. The van der Waals surface area contributed by atoms with Crippen molar-refractivity contribution < 1.29 is 24.5 Å². The number of benzene rings is 2. The Balaban J connectivity index is 1.86. The Morgan fingerprint density at radius 3 is 2.33 bits per heavy atom. The van der Waals surface area contributed by atoms with Crippen molar-refractivity contribution in [1.82, 2.24) is 5.32 Å². The van der Waals surface area contributed by atoms with Crippen molar-refractivity contribution in [2.45, 2.75) is 51.4 Å². The predicted molar refractivity (Wildman–Crippen MR) is 116 cm³/mol. The van der Waals surface area contributed by atoms with Gasteiger partial charge in [0.15, 0.2) is 0 Å². The molecular weight excluding hydrogens is 382 g/mol. The zero-order valence-corrected chi connectivity index (χ0v) is 17.8. The average Bonchev–Trinajstić information content (AvgIpc) is 2.73. The summed E-state index contributed by atoms with van der Waals surface area (Å²) >= 11 is 0. The van der Waals surface area contributed by atoms with E-state index in [4.69, 9.17) is 9.47 Å². The molecule has 0 radical (unpaired) electrons.